The highest BCUT2D eigenvalue weighted by molar-refractivity contribution is 7.47. The number of aliphatic hydroxyl groups excluding tert-OH is 1. The van der Waals surface area contributed by atoms with Gasteiger partial charge in [0.25, 0.3) is 0 Å². The Morgan fingerprint density at radius 3 is 0.691 bits per heavy atom. The minimum absolute atomic E-state index is 0.108. The summed E-state index contributed by atoms with van der Waals surface area (Å²) in [6, 6.07) is 0. The fourth-order valence-electron chi connectivity index (χ4n) is 14.3. The Morgan fingerprint density at radius 1 is 0.264 bits per heavy atom. The molecule has 0 heterocycles. The lowest BCUT2D eigenvalue weighted by Gasteiger charge is -2.21. The third-order valence-electron chi connectivity index (χ3n) is 21.8. The predicted molar refractivity (Wildman–Crippen MR) is 455 cm³/mol. The third kappa shape index (κ3) is 82.6. The summed E-state index contributed by atoms with van der Waals surface area (Å²) in [4.78, 5) is 73.4. The minimum atomic E-state index is -4.97. The molecule has 0 saturated carbocycles. The molecule has 654 valence electrons. The number of phosphoric acid groups is 2. The summed E-state index contributed by atoms with van der Waals surface area (Å²) in [5.41, 5.74) is 0. The molecule has 19 heteroatoms. The number of carbonyl (C=O) groups excluding carboxylic acids is 4. The lowest BCUT2D eigenvalue weighted by molar-refractivity contribution is -0.161. The van der Waals surface area contributed by atoms with Gasteiger partial charge in [0.05, 0.1) is 26.4 Å². The van der Waals surface area contributed by atoms with E-state index in [2.05, 4.69) is 41.5 Å². The van der Waals surface area contributed by atoms with E-state index in [1.807, 2.05) is 0 Å². The van der Waals surface area contributed by atoms with Crippen LogP contribution in [0.15, 0.2) is 0 Å². The summed E-state index contributed by atoms with van der Waals surface area (Å²) in [7, 11) is -9.94. The normalized spacial score (nSPS) is 14.0. The highest BCUT2D eigenvalue weighted by atomic mass is 31.2. The Morgan fingerprint density at radius 2 is 0.464 bits per heavy atom. The number of hydrogen-bond donors (Lipinski definition) is 3. The van der Waals surface area contributed by atoms with Crippen LogP contribution in [0.25, 0.3) is 0 Å². The number of esters is 4. The van der Waals surface area contributed by atoms with Crippen LogP contribution in [0.1, 0.15) is 491 Å². The van der Waals surface area contributed by atoms with Crippen molar-refractivity contribution in [1.82, 2.24) is 0 Å². The summed E-state index contributed by atoms with van der Waals surface area (Å²) in [6.45, 7) is 9.73. The Balaban J connectivity index is 5.25. The maximum atomic E-state index is 13.2. The van der Waals surface area contributed by atoms with E-state index < -0.39 is 97.5 Å². The fourth-order valence-corrected chi connectivity index (χ4v) is 15.9. The summed E-state index contributed by atoms with van der Waals surface area (Å²) in [6.07, 6.45) is 76.4. The average Bonchev–Trinajstić information content (AvgIpc) is 0.898. The van der Waals surface area contributed by atoms with Crippen molar-refractivity contribution < 1.29 is 80.2 Å². The summed E-state index contributed by atoms with van der Waals surface area (Å²) < 4.78 is 69.1. The first-order valence-corrected chi connectivity index (χ1v) is 50.0. The van der Waals surface area contributed by atoms with Gasteiger partial charge in [0.2, 0.25) is 0 Å². The molecule has 0 spiro atoms. The van der Waals surface area contributed by atoms with E-state index in [9.17, 15) is 43.2 Å². The Kier molecular flexibility index (Phi) is 80.7. The van der Waals surface area contributed by atoms with Gasteiger partial charge in [-0.1, -0.05) is 440 Å². The molecule has 0 amide bonds. The standard InChI is InChI=1S/C91H178O17P2/c1-7-10-12-14-16-18-20-22-24-26-28-30-32-36-40-44-48-55-61-67-73-88(93)101-79-86(107-90(95)75-69-63-57-49-45-41-37-33-31-29-27-25-23-21-19-17-15-13-11-8-2)81-105-109(97,98)103-77-85(92)78-104-110(99,100)106-82-87(80-102-89(94)74-68-62-56-52-51-54-60-66-72-84(6)9-3)108-91(96)76-70-64-58-50-46-42-38-34-35-39-43-47-53-59-65-71-83(4)5/h83-87,92H,7-82H2,1-6H3,(H,97,98)(H,99,100)/t84?,85-,86-,87-/m1/s1. The van der Waals surface area contributed by atoms with Crippen LogP contribution in [0.5, 0.6) is 0 Å². The zero-order valence-corrected chi connectivity index (χ0v) is 74.4. The van der Waals surface area contributed by atoms with Crippen molar-refractivity contribution in [2.45, 2.75) is 509 Å². The molecule has 0 saturated heterocycles. The number of carbonyl (C=O) groups is 4. The molecular formula is C91H178O17P2. The molecule has 6 atom stereocenters. The topological polar surface area (TPSA) is 237 Å². The van der Waals surface area contributed by atoms with Crippen LogP contribution < -0.4 is 0 Å². The molecule has 0 rings (SSSR count). The van der Waals surface area contributed by atoms with E-state index >= 15 is 0 Å². The molecule has 110 heavy (non-hydrogen) atoms. The van der Waals surface area contributed by atoms with Gasteiger partial charge in [0.15, 0.2) is 12.2 Å². The van der Waals surface area contributed by atoms with Gasteiger partial charge in [0, 0.05) is 25.7 Å². The first-order chi connectivity index (χ1) is 53.4. The van der Waals surface area contributed by atoms with Crippen LogP contribution in [-0.4, -0.2) is 96.7 Å². The van der Waals surface area contributed by atoms with Crippen LogP contribution in [0.3, 0.4) is 0 Å². The monoisotopic (exact) mass is 1610 g/mol. The Bertz CT molecular complexity index is 2100. The average molecular weight is 1610 g/mol. The molecule has 0 aliphatic rings. The van der Waals surface area contributed by atoms with E-state index in [0.29, 0.717) is 25.7 Å². The molecule has 3 unspecified atom stereocenters. The second-order valence-electron chi connectivity index (χ2n) is 33.4. The molecule has 0 fully saturated rings. The highest BCUT2D eigenvalue weighted by Gasteiger charge is 2.31. The number of hydrogen-bond acceptors (Lipinski definition) is 15. The van der Waals surface area contributed by atoms with Gasteiger partial charge >= 0.3 is 39.5 Å². The van der Waals surface area contributed by atoms with Crippen molar-refractivity contribution in [3.05, 3.63) is 0 Å². The highest BCUT2D eigenvalue weighted by Crippen LogP contribution is 2.45. The number of phosphoric ester groups is 2. The lowest BCUT2D eigenvalue weighted by Crippen LogP contribution is -2.30. The van der Waals surface area contributed by atoms with Crippen LogP contribution in [-0.2, 0) is 65.4 Å². The van der Waals surface area contributed by atoms with Crippen molar-refractivity contribution in [2.24, 2.45) is 11.8 Å². The summed E-state index contributed by atoms with van der Waals surface area (Å²) >= 11 is 0. The van der Waals surface area contributed by atoms with Gasteiger partial charge < -0.3 is 33.8 Å². The van der Waals surface area contributed by atoms with Crippen LogP contribution in [0.2, 0.25) is 0 Å². The molecule has 0 aliphatic carbocycles. The summed E-state index contributed by atoms with van der Waals surface area (Å²) in [5, 5.41) is 10.7. The molecule has 0 aromatic rings. The molecule has 0 aromatic carbocycles. The third-order valence-corrected chi connectivity index (χ3v) is 23.7. The number of ether oxygens (including phenoxy) is 4. The molecule has 3 N–H and O–H groups in total. The van der Waals surface area contributed by atoms with Gasteiger partial charge in [-0.3, -0.25) is 37.3 Å². The van der Waals surface area contributed by atoms with Crippen molar-refractivity contribution in [1.29, 1.82) is 0 Å². The van der Waals surface area contributed by atoms with Crippen LogP contribution >= 0.6 is 15.6 Å². The lowest BCUT2D eigenvalue weighted by atomic mass is 9.99. The van der Waals surface area contributed by atoms with E-state index in [4.69, 9.17) is 37.0 Å². The minimum Gasteiger partial charge on any atom is -0.462 e. The van der Waals surface area contributed by atoms with E-state index in [-0.39, 0.29) is 25.7 Å². The smallest absolute Gasteiger partial charge is 0.462 e. The summed E-state index contributed by atoms with van der Waals surface area (Å²) in [5.74, 6) is -0.516. The molecule has 17 nitrogen and oxygen atoms in total. The number of unbranched alkanes of at least 4 members (excludes halogenated alkanes) is 59. The first-order valence-electron chi connectivity index (χ1n) is 47.0. The van der Waals surface area contributed by atoms with Crippen LogP contribution in [0.4, 0.5) is 0 Å². The Hall–Kier alpha value is -1.94. The zero-order chi connectivity index (χ0) is 80.6. The van der Waals surface area contributed by atoms with E-state index in [0.717, 1.165) is 102 Å². The van der Waals surface area contributed by atoms with Gasteiger partial charge in [-0.05, 0) is 37.5 Å². The van der Waals surface area contributed by atoms with Crippen molar-refractivity contribution in [2.75, 3.05) is 39.6 Å². The van der Waals surface area contributed by atoms with Gasteiger partial charge in [-0.2, -0.15) is 0 Å². The number of aliphatic hydroxyl groups is 1. The molecule has 0 aliphatic heterocycles. The molecule has 0 aromatic heterocycles. The maximum Gasteiger partial charge on any atom is 0.472 e. The zero-order valence-electron chi connectivity index (χ0n) is 72.6. The van der Waals surface area contributed by atoms with Gasteiger partial charge in [0.1, 0.15) is 19.3 Å². The van der Waals surface area contributed by atoms with E-state index in [1.165, 1.54) is 308 Å². The largest absolute Gasteiger partial charge is 0.472 e. The van der Waals surface area contributed by atoms with Crippen molar-refractivity contribution in [3.8, 4) is 0 Å². The second kappa shape index (κ2) is 82.2. The molecular weight excluding hydrogens is 1430 g/mol. The van der Waals surface area contributed by atoms with Gasteiger partial charge in [-0.25, -0.2) is 9.13 Å². The van der Waals surface area contributed by atoms with E-state index in [1.54, 1.807) is 0 Å². The first kappa shape index (κ1) is 108. The SMILES string of the molecule is CCCCCCCCCCCCCCCCCCCCCCC(=O)OC[C@H](COP(=O)(O)OC[C@@H](O)COP(=O)(O)OC[C@@H](COC(=O)CCCCCCCCCCC(C)CC)OC(=O)CCCCCCCCCCCCCCCCCC(C)C)OC(=O)CCCCCCCCCCCCCCCCCCCCCC. The van der Waals surface area contributed by atoms with Crippen LogP contribution in [0, 0.1) is 11.8 Å². The number of rotatable bonds is 90. The predicted octanol–water partition coefficient (Wildman–Crippen LogP) is 28.2. The fraction of sp³-hybridized carbons (Fsp3) is 0.956. The maximum absolute atomic E-state index is 13.2. The Labute approximate surface area is 677 Å². The molecule has 0 bridgehead atoms. The molecule has 0 radical (unpaired) electrons. The second-order valence-corrected chi connectivity index (χ2v) is 36.3. The quantitative estimate of drug-likeness (QED) is 0.0222. The van der Waals surface area contributed by atoms with Crippen molar-refractivity contribution in [3.63, 3.8) is 0 Å². The van der Waals surface area contributed by atoms with Crippen molar-refractivity contribution >= 4 is 39.5 Å². The van der Waals surface area contributed by atoms with Gasteiger partial charge in [-0.15, -0.1) is 0 Å².